The molecule has 0 radical (unpaired) electrons. The molecule has 0 heterocycles. The molecule has 1 aliphatic rings. The van der Waals surface area contributed by atoms with Gasteiger partial charge in [0, 0.05) is 0 Å². The average molecular weight is 223 g/mol. The molecule has 0 bridgehead atoms. The van der Waals surface area contributed by atoms with Crippen LogP contribution in [0.15, 0.2) is 11.6 Å². The molecule has 0 fully saturated rings. The molecule has 0 aliphatic heterocycles. The Kier molecular flexibility index (Phi) is 6.12. The Bertz CT molecular complexity index is 215. The van der Waals surface area contributed by atoms with Crippen molar-refractivity contribution in [3.05, 3.63) is 11.6 Å². The second kappa shape index (κ2) is 7.11. The van der Waals surface area contributed by atoms with E-state index in [0.29, 0.717) is 0 Å². The van der Waals surface area contributed by atoms with Gasteiger partial charge in [-0.3, -0.25) is 0 Å². The Hall–Kier alpha value is -0.300. The maximum absolute atomic E-state index is 2.54. The highest BCUT2D eigenvalue weighted by atomic mass is 15.1. The summed E-state index contributed by atoms with van der Waals surface area (Å²) in [6.07, 6.45) is 7.91. The Morgan fingerprint density at radius 3 is 2.56 bits per heavy atom. The van der Waals surface area contributed by atoms with E-state index in [0.717, 1.165) is 11.8 Å². The topological polar surface area (TPSA) is 3.24 Å². The van der Waals surface area contributed by atoms with Crippen molar-refractivity contribution in [3.8, 4) is 0 Å². The first-order chi connectivity index (χ1) is 7.67. The summed E-state index contributed by atoms with van der Waals surface area (Å²) in [4.78, 5) is 2.54. The Labute approximate surface area is 102 Å². The zero-order chi connectivity index (χ0) is 12.0. The monoisotopic (exact) mass is 223 g/mol. The van der Waals surface area contributed by atoms with Gasteiger partial charge in [-0.25, -0.2) is 0 Å². The van der Waals surface area contributed by atoms with Gasteiger partial charge in [-0.2, -0.15) is 0 Å². The number of hydrogen-bond acceptors (Lipinski definition) is 1. The first-order valence-corrected chi connectivity index (χ1v) is 7.05. The van der Waals surface area contributed by atoms with E-state index in [1.165, 1.54) is 45.3 Å². The molecule has 94 valence electrons. The zero-order valence-corrected chi connectivity index (χ0v) is 11.6. The van der Waals surface area contributed by atoms with Crippen molar-refractivity contribution >= 4 is 0 Å². The van der Waals surface area contributed by atoms with Crippen LogP contribution in [-0.4, -0.2) is 24.5 Å². The number of rotatable bonds is 6. The Balaban J connectivity index is 2.27. The molecule has 16 heavy (non-hydrogen) atoms. The maximum Gasteiger partial charge on any atom is -0.00163 e. The van der Waals surface area contributed by atoms with Gasteiger partial charge < -0.3 is 4.90 Å². The highest BCUT2D eigenvalue weighted by molar-refractivity contribution is 5.03. The molecule has 2 atom stereocenters. The lowest BCUT2D eigenvalue weighted by Gasteiger charge is -2.28. The Morgan fingerprint density at radius 2 is 2.06 bits per heavy atom. The van der Waals surface area contributed by atoms with E-state index in [2.05, 4.69) is 38.7 Å². The average Bonchev–Trinajstić information content (AvgIpc) is 2.31. The van der Waals surface area contributed by atoms with Crippen LogP contribution in [0.3, 0.4) is 0 Å². The molecule has 0 aromatic carbocycles. The second-order valence-electron chi connectivity index (χ2n) is 5.38. The molecular formula is C15H29N. The molecule has 1 unspecified atom stereocenters. The zero-order valence-electron chi connectivity index (χ0n) is 11.6. The molecule has 0 N–H and O–H groups in total. The lowest BCUT2D eigenvalue weighted by molar-refractivity contribution is 0.239. The minimum Gasteiger partial charge on any atom is -0.304 e. The van der Waals surface area contributed by atoms with E-state index < -0.39 is 0 Å². The molecule has 1 heteroatoms. The van der Waals surface area contributed by atoms with Gasteiger partial charge in [0.05, 0.1) is 0 Å². The molecule has 1 rings (SSSR count). The quantitative estimate of drug-likeness (QED) is 0.613. The van der Waals surface area contributed by atoms with Crippen LogP contribution in [0.5, 0.6) is 0 Å². The van der Waals surface area contributed by atoms with Crippen LogP contribution in [0.25, 0.3) is 0 Å². The van der Waals surface area contributed by atoms with Gasteiger partial charge in [0.1, 0.15) is 0 Å². The van der Waals surface area contributed by atoms with Crippen LogP contribution in [-0.2, 0) is 0 Å². The third-order valence-electron chi connectivity index (χ3n) is 4.28. The summed E-state index contributed by atoms with van der Waals surface area (Å²) in [7, 11) is 0. The van der Waals surface area contributed by atoms with E-state index in [1.807, 2.05) is 0 Å². The molecule has 0 saturated carbocycles. The van der Waals surface area contributed by atoms with Crippen LogP contribution < -0.4 is 0 Å². The summed E-state index contributed by atoms with van der Waals surface area (Å²) in [5, 5.41) is 0. The predicted octanol–water partition coefficient (Wildman–Crippen LogP) is 4.10. The lowest BCUT2D eigenvalue weighted by atomic mass is 9.80. The van der Waals surface area contributed by atoms with Crippen LogP contribution in [0.1, 0.15) is 53.4 Å². The number of hydrogen-bond donors (Lipinski definition) is 0. The fourth-order valence-electron chi connectivity index (χ4n) is 2.66. The minimum absolute atomic E-state index is 0.893. The molecule has 0 aromatic heterocycles. The summed E-state index contributed by atoms with van der Waals surface area (Å²) in [5.74, 6) is 1.84. The molecule has 1 aliphatic carbocycles. The van der Waals surface area contributed by atoms with Crippen molar-refractivity contribution in [1.29, 1.82) is 0 Å². The van der Waals surface area contributed by atoms with Crippen molar-refractivity contribution in [1.82, 2.24) is 4.90 Å². The van der Waals surface area contributed by atoms with Gasteiger partial charge >= 0.3 is 0 Å². The summed E-state index contributed by atoms with van der Waals surface area (Å²) in [5.41, 5.74) is 1.60. The smallest absolute Gasteiger partial charge is 0.00163 e. The highest BCUT2D eigenvalue weighted by Crippen LogP contribution is 2.30. The van der Waals surface area contributed by atoms with Crippen LogP contribution in [0.2, 0.25) is 0 Å². The molecule has 1 nitrogen and oxygen atoms in total. The van der Waals surface area contributed by atoms with E-state index in [4.69, 9.17) is 0 Å². The number of nitrogens with zero attached hydrogens (tertiary/aromatic N) is 1. The van der Waals surface area contributed by atoms with Crippen molar-refractivity contribution in [2.75, 3.05) is 19.6 Å². The fraction of sp³-hybridized carbons (Fsp3) is 0.867. The third kappa shape index (κ3) is 4.29. The summed E-state index contributed by atoms with van der Waals surface area (Å²) in [6, 6.07) is 0. The minimum atomic E-state index is 0.893. The first-order valence-electron chi connectivity index (χ1n) is 7.05. The molecule has 0 saturated heterocycles. The van der Waals surface area contributed by atoms with E-state index >= 15 is 0 Å². The SMILES string of the molecule is CCN(CC)CCC(C)[C@H]1CC=C(C)CC1. The van der Waals surface area contributed by atoms with E-state index in [1.54, 1.807) is 5.57 Å². The van der Waals surface area contributed by atoms with Gasteiger partial charge in [-0.1, -0.05) is 32.4 Å². The summed E-state index contributed by atoms with van der Waals surface area (Å²) >= 11 is 0. The number of allylic oxidation sites excluding steroid dienone is 2. The van der Waals surface area contributed by atoms with Crippen LogP contribution in [0.4, 0.5) is 0 Å². The van der Waals surface area contributed by atoms with Gasteiger partial charge in [0.25, 0.3) is 0 Å². The maximum atomic E-state index is 2.54. The molecule has 0 spiro atoms. The highest BCUT2D eigenvalue weighted by Gasteiger charge is 2.19. The third-order valence-corrected chi connectivity index (χ3v) is 4.28. The van der Waals surface area contributed by atoms with Gasteiger partial charge in [0.15, 0.2) is 0 Å². The predicted molar refractivity (Wildman–Crippen MR) is 72.7 cm³/mol. The van der Waals surface area contributed by atoms with Crippen molar-refractivity contribution < 1.29 is 0 Å². The van der Waals surface area contributed by atoms with Gasteiger partial charge in [-0.05, 0) is 64.1 Å². The normalized spacial score (nSPS) is 23.3. The Morgan fingerprint density at radius 1 is 1.38 bits per heavy atom. The van der Waals surface area contributed by atoms with Gasteiger partial charge in [0.2, 0.25) is 0 Å². The standard InChI is InChI=1S/C15H29N/c1-5-16(6-2)12-11-14(4)15-9-7-13(3)8-10-15/h7,14-15H,5-6,8-12H2,1-4H3/t14?,15-/m0/s1. The second-order valence-corrected chi connectivity index (χ2v) is 5.38. The fourth-order valence-corrected chi connectivity index (χ4v) is 2.66. The van der Waals surface area contributed by atoms with Crippen molar-refractivity contribution in [2.24, 2.45) is 11.8 Å². The summed E-state index contributed by atoms with van der Waals surface area (Å²) < 4.78 is 0. The van der Waals surface area contributed by atoms with Crippen molar-refractivity contribution in [3.63, 3.8) is 0 Å². The van der Waals surface area contributed by atoms with E-state index in [-0.39, 0.29) is 0 Å². The van der Waals surface area contributed by atoms with Gasteiger partial charge in [-0.15, -0.1) is 0 Å². The lowest BCUT2D eigenvalue weighted by Crippen LogP contribution is -2.27. The van der Waals surface area contributed by atoms with Crippen LogP contribution >= 0.6 is 0 Å². The first kappa shape index (κ1) is 13.8. The molecular weight excluding hydrogens is 194 g/mol. The molecule has 0 amide bonds. The van der Waals surface area contributed by atoms with E-state index in [9.17, 15) is 0 Å². The summed E-state index contributed by atoms with van der Waals surface area (Å²) in [6.45, 7) is 12.9. The van der Waals surface area contributed by atoms with Crippen molar-refractivity contribution in [2.45, 2.75) is 53.4 Å². The molecule has 0 aromatic rings. The largest absolute Gasteiger partial charge is 0.304 e. The van der Waals surface area contributed by atoms with Crippen LogP contribution in [0, 0.1) is 11.8 Å².